The van der Waals surface area contributed by atoms with Crippen molar-refractivity contribution < 1.29 is 0 Å². The van der Waals surface area contributed by atoms with Crippen molar-refractivity contribution in [1.29, 1.82) is 0 Å². The van der Waals surface area contributed by atoms with Crippen molar-refractivity contribution in [3.63, 3.8) is 0 Å². The van der Waals surface area contributed by atoms with Gasteiger partial charge in [0.15, 0.2) is 0 Å². The van der Waals surface area contributed by atoms with Gasteiger partial charge < -0.3 is 10.3 Å². The van der Waals surface area contributed by atoms with E-state index in [0.717, 1.165) is 24.0 Å². The van der Waals surface area contributed by atoms with E-state index in [1.807, 2.05) is 0 Å². The largest absolute Gasteiger partial charge is 0.328 e. The number of aryl methyl sites for hydroxylation is 1. The molecule has 0 aliphatic carbocycles. The maximum atomic E-state index is 5.73. The van der Waals surface area contributed by atoms with Crippen LogP contribution in [0.25, 0.3) is 11.0 Å². The molecule has 110 valence electrons. The van der Waals surface area contributed by atoms with E-state index in [1.54, 1.807) is 0 Å². The second-order valence-electron chi connectivity index (χ2n) is 6.02. The van der Waals surface area contributed by atoms with E-state index in [4.69, 9.17) is 10.7 Å². The van der Waals surface area contributed by atoms with Gasteiger partial charge in [0.05, 0.1) is 11.0 Å². The molecule has 2 N–H and O–H groups in total. The molecule has 1 aromatic heterocycles. The Morgan fingerprint density at radius 2 is 2.05 bits per heavy atom. The fourth-order valence-corrected chi connectivity index (χ4v) is 2.65. The number of hydrogen-bond acceptors (Lipinski definition) is 2. The smallest absolute Gasteiger partial charge is 0.109 e. The van der Waals surface area contributed by atoms with Gasteiger partial charge in [-0.2, -0.15) is 0 Å². The molecule has 0 unspecified atom stereocenters. The zero-order valence-corrected chi connectivity index (χ0v) is 13.0. The molecule has 1 aromatic carbocycles. The first-order valence-corrected chi connectivity index (χ1v) is 7.83. The predicted molar refractivity (Wildman–Crippen MR) is 85.7 cm³/mol. The molecule has 0 aliphatic rings. The highest BCUT2D eigenvalue weighted by Crippen LogP contribution is 2.21. The minimum atomic E-state index is 0.581. The first kappa shape index (κ1) is 15.0. The van der Waals surface area contributed by atoms with Crippen molar-refractivity contribution in [3.05, 3.63) is 29.6 Å². The first-order valence-electron chi connectivity index (χ1n) is 7.83. The van der Waals surface area contributed by atoms with Crippen LogP contribution in [0.5, 0.6) is 0 Å². The summed E-state index contributed by atoms with van der Waals surface area (Å²) < 4.78 is 2.40. The van der Waals surface area contributed by atoms with E-state index in [2.05, 4.69) is 43.5 Å². The number of nitrogens with zero attached hydrogens (tertiary/aromatic N) is 2. The van der Waals surface area contributed by atoms with Crippen LogP contribution in [0.2, 0.25) is 0 Å². The Morgan fingerprint density at radius 3 is 2.70 bits per heavy atom. The molecule has 3 nitrogen and oxygen atoms in total. The van der Waals surface area contributed by atoms with Gasteiger partial charge in [-0.15, -0.1) is 0 Å². The highest BCUT2D eigenvalue weighted by molar-refractivity contribution is 5.77. The van der Waals surface area contributed by atoms with Crippen LogP contribution < -0.4 is 5.73 Å². The molecule has 0 atom stereocenters. The second kappa shape index (κ2) is 6.89. The molecular weight excluding hydrogens is 246 g/mol. The maximum absolute atomic E-state index is 5.73. The minimum Gasteiger partial charge on any atom is -0.328 e. The van der Waals surface area contributed by atoms with Crippen LogP contribution in [0.3, 0.4) is 0 Å². The van der Waals surface area contributed by atoms with Crippen LogP contribution in [-0.4, -0.2) is 9.55 Å². The van der Waals surface area contributed by atoms with Gasteiger partial charge in [0.2, 0.25) is 0 Å². The zero-order chi connectivity index (χ0) is 14.5. The summed E-state index contributed by atoms with van der Waals surface area (Å²) in [5.74, 6) is 1.86. The van der Waals surface area contributed by atoms with Crippen LogP contribution in [0.4, 0.5) is 0 Å². The molecular formula is C17H27N3. The van der Waals surface area contributed by atoms with Crippen LogP contribution in [0.15, 0.2) is 18.2 Å². The topological polar surface area (TPSA) is 43.8 Å². The third kappa shape index (κ3) is 3.40. The molecule has 0 saturated heterocycles. The van der Waals surface area contributed by atoms with Gasteiger partial charge in [-0.3, -0.25) is 0 Å². The summed E-state index contributed by atoms with van der Waals surface area (Å²) in [6, 6.07) is 6.43. The van der Waals surface area contributed by atoms with Gasteiger partial charge in [-0.1, -0.05) is 39.7 Å². The van der Waals surface area contributed by atoms with Crippen molar-refractivity contribution in [2.45, 2.75) is 59.5 Å². The monoisotopic (exact) mass is 273 g/mol. The Bertz CT molecular complexity index is 555. The number of fused-ring (bicyclic) bond motifs is 1. The number of nitrogens with two attached hydrogens (primary N) is 1. The molecule has 2 rings (SSSR count). The summed E-state index contributed by atoms with van der Waals surface area (Å²) in [6.07, 6.45) is 4.83. The van der Waals surface area contributed by atoms with Gasteiger partial charge in [0.25, 0.3) is 0 Å². The van der Waals surface area contributed by atoms with Crippen molar-refractivity contribution in [1.82, 2.24) is 9.55 Å². The number of rotatable bonds is 7. The molecule has 0 bridgehead atoms. The lowest BCUT2D eigenvalue weighted by atomic mass is 10.1. The Hall–Kier alpha value is -1.35. The predicted octanol–water partition coefficient (Wildman–Crippen LogP) is 3.88. The summed E-state index contributed by atoms with van der Waals surface area (Å²) in [6.45, 7) is 8.38. The standard InChI is InChI=1S/C17H27N3/c1-4-5-6-7-17-19-15-10-14(11-18)8-9-16(15)20(17)12-13(2)3/h8-10,13H,4-7,11-12,18H2,1-3H3. The Labute approximate surface area is 122 Å². The van der Waals surface area contributed by atoms with Gasteiger partial charge in [-0.05, 0) is 30.0 Å². The van der Waals surface area contributed by atoms with E-state index < -0.39 is 0 Å². The van der Waals surface area contributed by atoms with Crippen LogP contribution >= 0.6 is 0 Å². The quantitative estimate of drug-likeness (QED) is 0.778. The van der Waals surface area contributed by atoms with Gasteiger partial charge >= 0.3 is 0 Å². The van der Waals surface area contributed by atoms with E-state index in [0.29, 0.717) is 12.5 Å². The molecule has 0 amide bonds. The van der Waals surface area contributed by atoms with E-state index in [-0.39, 0.29) is 0 Å². The van der Waals surface area contributed by atoms with Crippen molar-refractivity contribution in [3.8, 4) is 0 Å². The minimum absolute atomic E-state index is 0.581. The molecule has 0 radical (unpaired) electrons. The second-order valence-corrected chi connectivity index (χ2v) is 6.02. The summed E-state index contributed by atoms with van der Waals surface area (Å²) in [5.41, 5.74) is 9.24. The molecule has 20 heavy (non-hydrogen) atoms. The normalized spacial score (nSPS) is 11.7. The summed E-state index contributed by atoms with van der Waals surface area (Å²) in [7, 11) is 0. The summed E-state index contributed by atoms with van der Waals surface area (Å²) >= 11 is 0. The highest BCUT2D eigenvalue weighted by Gasteiger charge is 2.12. The number of aromatic nitrogens is 2. The number of imidazole rings is 1. The Morgan fingerprint density at radius 1 is 1.25 bits per heavy atom. The SMILES string of the molecule is CCCCCc1nc2cc(CN)ccc2n1CC(C)C. The highest BCUT2D eigenvalue weighted by atomic mass is 15.1. The lowest BCUT2D eigenvalue weighted by Crippen LogP contribution is -2.08. The maximum Gasteiger partial charge on any atom is 0.109 e. The zero-order valence-electron chi connectivity index (χ0n) is 13.0. The van der Waals surface area contributed by atoms with Crippen LogP contribution in [0.1, 0.15) is 51.4 Å². The van der Waals surface area contributed by atoms with E-state index in [1.165, 1.54) is 30.6 Å². The number of hydrogen-bond donors (Lipinski definition) is 1. The molecule has 0 fully saturated rings. The molecule has 0 spiro atoms. The van der Waals surface area contributed by atoms with Crippen molar-refractivity contribution in [2.75, 3.05) is 0 Å². The van der Waals surface area contributed by atoms with E-state index in [9.17, 15) is 0 Å². The molecule has 3 heteroatoms. The lowest BCUT2D eigenvalue weighted by molar-refractivity contribution is 0.511. The van der Waals surface area contributed by atoms with Crippen LogP contribution in [0, 0.1) is 5.92 Å². The van der Waals surface area contributed by atoms with Gasteiger partial charge in [0.1, 0.15) is 5.82 Å². The third-order valence-electron chi connectivity index (χ3n) is 3.68. The lowest BCUT2D eigenvalue weighted by Gasteiger charge is -2.11. The fourth-order valence-electron chi connectivity index (χ4n) is 2.65. The number of unbranched alkanes of at least 4 members (excludes halogenated alkanes) is 2. The molecule has 2 aromatic rings. The Balaban J connectivity index is 2.36. The number of benzene rings is 1. The van der Waals surface area contributed by atoms with Gasteiger partial charge in [0, 0.05) is 19.5 Å². The first-order chi connectivity index (χ1) is 9.65. The fraction of sp³-hybridized carbons (Fsp3) is 0.588. The van der Waals surface area contributed by atoms with Gasteiger partial charge in [-0.25, -0.2) is 4.98 Å². The molecule has 0 aliphatic heterocycles. The van der Waals surface area contributed by atoms with Crippen LogP contribution in [-0.2, 0) is 19.5 Å². The average molecular weight is 273 g/mol. The third-order valence-corrected chi connectivity index (χ3v) is 3.68. The van der Waals surface area contributed by atoms with Crippen molar-refractivity contribution in [2.24, 2.45) is 11.7 Å². The average Bonchev–Trinajstić information content (AvgIpc) is 2.76. The van der Waals surface area contributed by atoms with E-state index >= 15 is 0 Å². The molecule has 0 saturated carbocycles. The Kier molecular flexibility index (Phi) is 5.18. The van der Waals surface area contributed by atoms with Crippen molar-refractivity contribution >= 4 is 11.0 Å². The summed E-state index contributed by atoms with van der Waals surface area (Å²) in [5, 5.41) is 0. The summed E-state index contributed by atoms with van der Waals surface area (Å²) in [4.78, 5) is 4.85. The molecule has 1 heterocycles.